The zero-order chi connectivity index (χ0) is 11.4. The van der Waals surface area contributed by atoms with Crippen molar-refractivity contribution in [3.05, 3.63) is 60.7 Å². The van der Waals surface area contributed by atoms with E-state index in [9.17, 15) is 9.90 Å². The zero-order valence-corrected chi connectivity index (χ0v) is 8.54. The second-order valence-corrected chi connectivity index (χ2v) is 3.27. The number of carbonyl (C=O) groups excluding carboxylic acids is 1. The van der Waals surface area contributed by atoms with Crippen LogP contribution in [0.4, 0.5) is 16.2 Å². The number of carbonyl (C=O) groups is 1. The molecule has 0 aliphatic carbocycles. The summed E-state index contributed by atoms with van der Waals surface area (Å²) in [7, 11) is 0. The normalized spacial score (nSPS) is 9.75. The fourth-order valence-corrected chi connectivity index (χ4v) is 1.51. The van der Waals surface area contributed by atoms with Gasteiger partial charge in [0.15, 0.2) is 0 Å². The van der Waals surface area contributed by atoms with E-state index in [1.165, 1.54) is 0 Å². The van der Waals surface area contributed by atoms with Crippen molar-refractivity contribution in [1.29, 1.82) is 0 Å². The molecule has 0 aromatic heterocycles. The van der Waals surface area contributed by atoms with Gasteiger partial charge < -0.3 is 0 Å². The Labute approximate surface area is 93.6 Å². The molecule has 3 heteroatoms. The van der Waals surface area contributed by atoms with Gasteiger partial charge in [-0.25, -0.2) is 14.8 Å². The molecule has 1 radical (unpaired) electrons. The van der Waals surface area contributed by atoms with Crippen molar-refractivity contribution >= 4 is 17.5 Å². The standard InChI is InChI=1S/C13H10NO2/c15-13(16)14(11-7-3-1-4-8-11)12-9-5-2-6-10-12/h1-10H. The maximum absolute atomic E-state index is 11.1. The molecule has 1 amide bonds. The fraction of sp³-hybridized carbons (Fsp3) is 0. The number of nitrogens with zero attached hydrogens (tertiary/aromatic N) is 1. The van der Waals surface area contributed by atoms with Crippen molar-refractivity contribution < 1.29 is 9.90 Å². The number of para-hydroxylation sites is 2. The van der Waals surface area contributed by atoms with Gasteiger partial charge in [-0.2, -0.15) is 0 Å². The van der Waals surface area contributed by atoms with Crippen molar-refractivity contribution in [2.45, 2.75) is 0 Å². The fourth-order valence-electron chi connectivity index (χ4n) is 1.51. The third-order valence-corrected chi connectivity index (χ3v) is 2.21. The second kappa shape index (κ2) is 4.49. The summed E-state index contributed by atoms with van der Waals surface area (Å²) < 4.78 is 0. The lowest BCUT2D eigenvalue weighted by molar-refractivity contribution is 0.179. The van der Waals surface area contributed by atoms with Crippen LogP contribution < -0.4 is 4.90 Å². The van der Waals surface area contributed by atoms with E-state index >= 15 is 0 Å². The lowest BCUT2D eigenvalue weighted by atomic mass is 10.2. The summed E-state index contributed by atoms with van der Waals surface area (Å²) >= 11 is 0. The van der Waals surface area contributed by atoms with Crippen LogP contribution in [0.15, 0.2) is 60.7 Å². The first-order valence-electron chi connectivity index (χ1n) is 4.90. The van der Waals surface area contributed by atoms with Gasteiger partial charge >= 0.3 is 6.09 Å². The third kappa shape index (κ3) is 2.03. The quantitative estimate of drug-likeness (QED) is 0.752. The minimum absolute atomic E-state index is 0.578. The van der Waals surface area contributed by atoms with Crippen LogP contribution in [0.3, 0.4) is 0 Å². The van der Waals surface area contributed by atoms with E-state index in [4.69, 9.17) is 0 Å². The first kappa shape index (κ1) is 10.2. The number of anilines is 2. The van der Waals surface area contributed by atoms with E-state index in [1.54, 1.807) is 48.5 Å². The average Bonchev–Trinajstić information content (AvgIpc) is 2.31. The van der Waals surface area contributed by atoms with E-state index in [2.05, 4.69) is 0 Å². The molecule has 0 aliphatic rings. The molecule has 2 aromatic rings. The van der Waals surface area contributed by atoms with Gasteiger partial charge in [0.25, 0.3) is 0 Å². The van der Waals surface area contributed by atoms with Crippen LogP contribution in [0.25, 0.3) is 0 Å². The predicted molar refractivity (Wildman–Crippen MR) is 61.1 cm³/mol. The Kier molecular flexibility index (Phi) is 2.87. The molecular formula is C13H10NO2. The molecule has 2 rings (SSSR count). The van der Waals surface area contributed by atoms with Gasteiger partial charge in [0, 0.05) is 0 Å². The number of rotatable bonds is 2. The van der Waals surface area contributed by atoms with Crippen LogP contribution in [0.5, 0.6) is 0 Å². The van der Waals surface area contributed by atoms with Crippen LogP contribution in [-0.4, -0.2) is 6.09 Å². The molecule has 79 valence electrons. The number of hydrogen-bond acceptors (Lipinski definition) is 1. The summed E-state index contributed by atoms with van der Waals surface area (Å²) in [6, 6.07) is 17.7. The molecule has 0 heterocycles. The van der Waals surface area contributed by atoms with Crippen LogP contribution in [0.1, 0.15) is 0 Å². The Hall–Kier alpha value is -2.29. The van der Waals surface area contributed by atoms with Gasteiger partial charge in [-0.3, -0.25) is 0 Å². The minimum atomic E-state index is -1.24. The molecule has 0 atom stereocenters. The van der Waals surface area contributed by atoms with E-state index in [0.29, 0.717) is 11.4 Å². The number of hydrogen-bond donors (Lipinski definition) is 0. The SMILES string of the molecule is [O]C(=O)N(c1ccccc1)c1ccccc1. The maximum atomic E-state index is 11.1. The highest BCUT2D eigenvalue weighted by Crippen LogP contribution is 2.24. The van der Waals surface area contributed by atoms with E-state index in [0.717, 1.165) is 4.90 Å². The highest BCUT2D eigenvalue weighted by atomic mass is 16.4. The maximum Gasteiger partial charge on any atom is 0.462 e. The predicted octanol–water partition coefficient (Wildman–Crippen LogP) is 3.38. The van der Waals surface area contributed by atoms with Crippen molar-refractivity contribution in [3.63, 3.8) is 0 Å². The molecule has 0 saturated heterocycles. The molecule has 0 bridgehead atoms. The molecule has 0 aliphatic heterocycles. The van der Waals surface area contributed by atoms with Crippen LogP contribution in [0, 0.1) is 0 Å². The molecule has 0 spiro atoms. The van der Waals surface area contributed by atoms with Gasteiger partial charge in [0.05, 0.1) is 11.4 Å². The van der Waals surface area contributed by atoms with Gasteiger partial charge in [0.1, 0.15) is 0 Å². The molecule has 0 N–H and O–H groups in total. The minimum Gasteiger partial charge on any atom is -0.243 e. The number of amides is 1. The molecule has 16 heavy (non-hydrogen) atoms. The van der Waals surface area contributed by atoms with Crippen LogP contribution >= 0.6 is 0 Å². The molecule has 2 aromatic carbocycles. The van der Waals surface area contributed by atoms with Gasteiger partial charge in [0.2, 0.25) is 0 Å². The largest absolute Gasteiger partial charge is 0.462 e. The van der Waals surface area contributed by atoms with Gasteiger partial charge in [-0.05, 0) is 24.3 Å². The van der Waals surface area contributed by atoms with Gasteiger partial charge in [-0.1, -0.05) is 36.4 Å². The first-order valence-corrected chi connectivity index (χ1v) is 4.90. The molecule has 0 fully saturated rings. The Morgan fingerprint density at radius 1 is 0.750 bits per heavy atom. The smallest absolute Gasteiger partial charge is 0.243 e. The average molecular weight is 212 g/mol. The summed E-state index contributed by atoms with van der Waals surface area (Å²) in [6.07, 6.45) is -1.24. The second-order valence-electron chi connectivity index (χ2n) is 3.27. The Morgan fingerprint density at radius 3 is 1.44 bits per heavy atom. The van der Waals surface area contributed by atoms with Crippen molar-refractivity contribution in [3.8, 4) is 0 Å². The summed E-state index contributed by atoms with van der Waals surface area (Å²) in [4.78, 5) is 12.3. The third-order valence-electron chi connectivity index (χ3n) is 2.21. The Balaban J connectivity index is 2.44. The van der Waals surface area contributed by atoms with E-state index < -0.39 is 6.09 Å². The summed E-state index contributed by atoms with van der Waals surface area (Å²) in [5.74, 6) is 0. The van der Waals surface area contributed by atoms with Crippen molar-refractivity contribution in [1.82, 2.24) is 0 Å². The molecular weight excluding hydrogens is 202 g/mol. The topological polar surface area (TPSA) is 40.2 Å². The Bertz CT molecular complexity index is 428. The first-order chi connectivity index (χ1) is 7.79. The lowest BCUT2D eigenvalue weighted by Gasteiger charge is -2.17. The van der Waals surface area contributed by atoms with E-state index in [-0.39, 0.29) is 0 Å². The Morgan fingerprint density at radius 2 is 1.12 bits per heavy atom. The molecule has 0 unspecified atom stereocenters. The summed E-state index contributed by atoms with van der Waals surface area (Å²) in [5.41, 5.74) is 1.16. The number of benzene rings is 2. The highest BCUT2D eigenvalue weighted by Gasteiger charge is 2.17. The van der Waals surface area contributed by atoms with Crippen LogP contribution in [-0.2, 0) is 5.11 Å². The summed E-state index contributed by atoms with van der Waals surface area (Å²) in [5, 5.41) is 11.1. The van der Waals surface area contributed by atoms with Crippen molar-refractivity contribution in [2.24, 2.45) is 0 Å². The van der Waals surface area contributed by atoms with Crippen molar-refractivity contribution in [2.75, 3.05) is 4.90 Å². The highest BCUT2D eigenvalue weighted by molar-refractivity contribution is 5.94. The van der Waals surface area contributed by atoms with Crippen LogP contribution in [0.2, 0.25) is 0 Å². The molecule has 0 saturated carbocycles. The summed E-state index contributed by atoms with van der Waals surface area (Å²) in [6.45, 7) is 0. The lowest BCUT2D eigenvalue weighted by Crippen LogP contribution is -2.22. The molecule has 3 nitrogen and oxygen atoms in total. The zero-order valence-electron chi connectivity index (χ0n) is 8.54. The van der Waals surface area contributed by atoms with E-state index in [1.807, 2.05) is 12.1 Å². The van der Waals surface area contributed by atoms with Gasteiger partial charge in [-0.15, -0.1) is 0 Å². The monoisotopic (exact) mass is 212 g/mol.